The molecule has 0 unspecified atom stereocenters. The van der Waals surface area contributed by atoms with E-state index in [0.717, 1.165) is 40.2 Å². The van der Waals surface area contributed by atoms with Crippen LogP contribution in [0.4, 0.5) is 5.69 Å². The summed E-state index contributed by atoms with van der Waals surface area (Å²) >= 11 is 1.11. The predicted octanol–water partition coefficient (Wildman–Crippen LogP) is 2.66. The van der Waals surface area contributed by atoms with Gasteiger partial charge in [-0.05, 0) is 36.6 Å². The molecule has 0 atom stereocenters. The summed E-state index contributed by atoms with van der Waals surface area (Å²) in [5.41, 5.74) is 8.81. The lowest BCUT2D eigenvalue weighted by Crippen LogP contribution is -1.95. The molecule has 84 valence electrons. The third-order valence-corrected chi connectivity index (χ3v) is 2.78. The Kier molecular flexibility index (Phi) is 4.90. The minimum Gasteiger partial charge on any atom is -0.398 e. The molecule has 1 aromatic carbocycles. The summed E-state index contributed by atoms with van der Waals surface area (Å²) in [6, 6.07) is 3.92. The van der Waals surface area contributed by atoms with E-state index in [1.807, 2.05) is 19.1 Å². The van der Waals surface area contributed by atoms with Crippen LogP contribution in [0, 0.1) is 6.92 Å². The summed E-state index contributed by atoms with van der Waals surface area (Å²) in [5.74, 6) is 0. The molecule has 0 amide bonds. The van der Waals surface area contributed by atoms with Crippen molar-refractivity contribution in [3.63, 3.8) is 0 Å². The summed E-state index contributed by atoms with van der Waals surface area (Å²) in [6.45, 7) is 4.02. The SMILES string of the molecule is CCc1cc(SOOOC)c(C)cc1N. The fraction of sp³-hybridized carbons (Fsp3) is 0.400. The first-order chi connectivity index (χ1) is 7.19. The fourth-order valence-corrected chi connectivity index (χ4v) is 1.76. The van der Waals surface area contributed by atoms with Crippen LogP contribution in [0.2, 0.25) is 0 Å². The molecule has 0 radical (unpaired) electrons. The molecule has 0 heterocycles. The highest BCUT2D eigenvalue weighted by Gasteiger charge is 2.05. The van der Waals surface area contributed by atoms with E-state index in [0.29, 0.717) is 0 Å². The third kappa shape index (κ3) is 3.39. The van der Waals surface area contributed by atoms with Gasteiger partial charge in [0.25, 0.3) is 0 Å². The second kappa shape index (κ2) is 5.97. The normalized spacial score (nSPS) is 10.6. The van der Waals surface area contributed by atoms with Gasteiger partial charge in [0, 0.05) is 10.6 Å². The first kappa shape index (κ1) is 12.3. The predicted molar refractivity (Wildman–Crippen MR) is 60.0 cm³/mol. The van der Waals surface area contributed by atoms with Gasteiger partial charge in [-0.25, -0.2) is 4.89 Å². The Morgan fingerprint density at radius 2 is 2.13 bits per heavy atom. The highest BCUT2D eigenvalue weighted by Crippen LogP contribution is 2.28. The number of nitrogens with two attached hydrogens (primary N) is 1. The first-order valence-electron chi connectivity index (χ1n) is 4.62. The van der Waals surface area contributed by atoms with Crippen LogP contribution in [0.3, 0.4) is 0 Å². The number of rotatable bonds is 5. The van der Waals surface area contributed by atoms with Crippen molar-refractivity contribution < 1.29 is 14.3 Å². The average Bonchev–Trinajstić information content (AvgIpc) is 2.21. The smallest absolute Gasteiger partial charge is 0.0744 e. The van der Waals surface area contributed by atoms with Crippen LogP contribution < -0.4 is 5.73 Å². The molecule has 0 aliphatic carbocycles. The van der Waals surface area contributed by atoms with E-state index in [1.165, 1.54) is 7.11 Å². The lowest BCUT2D eigenvalue weighted by Gasteiger charge is -2.08. The Labute approximate surface area is 93.8 Å². The quantitative estimate of drug-likeness (QED) is 0.276. The van der Waals surface area contributed by atoms with E-state index in [9.17, 15) is 0 Å². The summed E-state index contributed by atoms with van der Waals surface area (Å²) in [5, 5.41) is 4.33. The minimum atomic E-state index is 0.812. The van der Waals surface area contributed by atoms with E-state index in [1.54, 1.807) is 0 Å². The molecule has 0 aliphatic heterocycles. The zero-order valence-electron chi connectivity index (χ0n) is 9.07. The molecule has 0 aliphatic rings. The molecule has 0 saturated carbocycles. The van der Waals surface area contributed by atoms with E-state index in [4.69, 9.17) is 10.1 Å². The van der Waals surface area contributed by atoms with Crippen LogP contribution in [-0.2, 0) is 20.7 Å². The summed E-state index contributed by atoms with van der Waals surface area (Å²) in [7, 11) is 1.38. The average molecular weight is 229 g/mol. The number of nitrogen functional groups attached to an aromatic ring is 1. The maximum atomic E-state index is 5.85. The fourth-order valence-electron chi connectivity index (χ4n) is 1.23. The van der Waals surface area contributed by atoms with E-state index in [2.05, 4.69) is 16.8 Å². The highest BCUT2D eigenvalue weighted by molar-refractivity contribution is 7.94. The van der Waals surface area contributed by atoms with E-state index in [-0.39, 0.29) is 0 Å². The summed E-state index contributed by atoms with van der Waals surface area (Å²) < 4.78 is 4.74. The maximum Gasteiger partial charge on any atom is 0.0744 e. The molecule has 15 heavy (non-hydrogen) atoms. The van der Waals surface area contributed by atoms with Gasteiger partial charge in [0.2, 0.25) is 0 Å². The number of anilines is 1. The largest absolute Gasteiger partial charge is 0.398 e. The monoisotopic (exact) mass is 229 g/mol. The van der Waals surface area contributed by atoms with Gasteiger partial charge in [0.15, 0.2) is 0 Å². The molecule has 0 bridgehead atoms. The van der Waals surface area contributed by atoms with Gasteiger partial charge in [-0.2, -0.15) is 0 Å². The van der Waals surface area contributed by atoms with Crippen LogP contribution in [0.25, 0.3) is 0 Å². The summed E-state index contributed by atoms with van der Waals surface area (Å²) in [6.07, 6.45) is 0.894. The van der Waals surface area contributed by atoms with Gasteiger partial charge in [-0.15, -0.1) is 4.33 Å². The second-order valence-corrected chi connectivity index (χ2v) is 3.80. The molecule has 0 aromatic heterocycles. The lowest BCUT2D eigenvalue weighted by atomic mass is 10.1. The number of hydrogen-bond acceptors (Lipinski definition) is 5. The standard InChI is InChI=1S/C10H15NO3S/c1-4-8-6-10(15-14-13-12-3)7(2)5-9(8)11/h5-6H,4,11H2,1-3H3. The number of aryl methyl sites for hydroxylation is 2. The Bertz CT molecular complexity index is 331. The van der Waals surface area contributed by atoms with Crippen LogP contribution >= 0.6 is 12.0 Å². The van der Waals surface area contributed by atoms with E-state index >= 15 is 0 Å². The van der Waals surface area contributed by atoms with Crippen molar-refractivity contribution in [2.24, 2.45) is 0 Å². The third-order valence-electron chi connectivity index (χ3n) is 2.04. The number of hydrogen-bond donors (Lipinski definition) is 1. The molecule has 2 N–H and O–H groups in total. The van der Waals surface area contributed by atoms with Gasteiger partial charge in [0.05, 0.1) is 19.2 Å². The molecular formula is C10H15NO3S. The summed E-state index contributed by atoms with van der Waals surface area (Å²) in [4.78, 5) is 5.29. The molecule has 0 fully saturated rings. The van der Waals surface area contributed by atoms with Crippen molar-refractivity contribution in [1.29, 1.82) is 0 Å². The van der Waals surface area contributed by atoms with Crippen molar-refractivity contribution >= 4 is 17.7 Å². The highest BCUT2D eigenvalue weighted by atomic mass is 32.2. The van der Waals surface area contributed by atoms with Crippen LogP contribution in [-0.4, -0.2) is 7.11 Å². The Hall–Kier alpha value is -0.750. The zero-order valence-corrected chi connectivity index (χ0v) is 9.89. The van der Waals surface area contributed by atoms with Crippen LogP contribution in [0.15, 0.2) is 17.0 Å². The van der Waals surface area contributed by atoms with Gasteiger partial charge < -0.3 is 5.73 Å². The zero-order chi connectivity index (χ0) is 11.3. The van der Waals surface area contributed by atoms with Crippen LogP contribution in [0.1, 0.15) is 18.1 Å². The molecule has 0 saturated heterocycles. The van der Waals surface area contributed by atoms with E-state index < -0.39 is 0 Å². The van der Waals surface area contributed by atoms with Gasteiger partial charge >= 0.3 is 0 Å². The van der Waals surface area contributed by atoms with Crippen LogP contribution in [0.5, 0.6) is 0 Å². The van der Waals surface area contributed by atoms with Gasteiger partial charge in [-0.3, -0.25) is 0 Å². The van der Waals surface area contributed by atoms with Crippen molar-refractivity contribution in [2.45, 2.75) is 25.2 Å². The topological polar surface area (TPSA) is 53.7 Å². The Morgan fingerprint density at radius 3 is 2.73 bits per heavy atom. The van der Waals surface area contributed by atoms with Crippen molar-refractivity contribution in [3.05, 3.63) is 23.3 Å². The molecule has 4 nitrogen and oxygen atoms in total. The first-order valence-corrected chi connectivity index (χ1v) is 5.36. The van der Waals surface area contributed by atoms with Crippen molar-refractivity contribution in [3.8, 4) is 0 Å². The molecule has 0 spiro atoms. The molecule has 5 heteroatoms. The molecular weight excluding hydrogens is 214 g/mol. The van der Waals surface area contributed by atoms with Gasteiger partial charge in [-0.1, -0.05) is 12.0 Å². The lowest BCUT2D eigenvalue weighted by molar-refractivity contribution is -0.447. The van der Waals surface area contributed by atoms with Gasteiger partial charge in [0.1, 0.15) is 0 Å². The minimum absolute atomic E-state index is 0.812. The Balaban J connectivity index is 2.78. The second-order valence-electron chi connectivity index (χ2n) is 3.06. The molecule has 1 rings (SSSR count). The van der Waals surface area contributed by atoms with Crippen molar-refractivity contribution in [1.82, 2.24) is 0 Å². The Morgan fingerprint density at radius 1 is 1.40 bits per heavy atom. The maximum absolute atomic E-state index is 5.85. The number of benzene rings is 1. The molecule has 1 aromatic rings. The van der Waals surface area contributed by atoms with Crippen molar-refractivity contribution in [2.75, 3.05) is 12.8 Å².